The number of H-pyrrole nitrogens is 1. The highest BCUT2D eigenvalue weighted by atomic mass is 32.2. The van der Waals surface area contributed by atoms with Gasteiger partial charge in [0.1, 0.15) is 0 Å². The van der Waals surface area contributed by atoms with Gasteiger partial charge in [0.2, 0.25) is 5.89 Å². The molecule has 0 aliphatic carbocycles. The number of hydrogen-bond acceptors (Lipinski definition) is 6. The van der Waals surface area contributed by atoms with Gasteiger partial charge in [-0.2, -0.15) is 4.98 Å². The SMILES string of the molecule is C=CCn1c(SCc2noc(C)n2)n[nH]c1=O. The average molecular weight is 253 g/mol. The number of aryl methyl sites for hydroxylation is 1. The zero-order valence-corrected chi connectivity index (χ0v) is 10.0. The summed E-state index contributed by atoms with van der Waals surface area (Å²) in [6.07, 6.45) is 1.64. The Hall–Kier alpha value is -1.83. The van der Waals surface area contributed by atoms with Crippen LogP contribution in [0, 0.1) is 6.92 Å². The number of aromatic nitrogens is 5. The van der Waals surface area contributed by atoms with Gasteiger partial charge in [-0.25, -0.2) is 9.89 Å². The highest BCUT2D eigenvalue weighted by Gasteiger charge is 2.10. The van der Waals surface area contributed by atoms with E-state index in [0.717, 1.165) is 0 Å². The number of hydrogen-bond donors (Lipinski definition) is 1. The molecule has 0 aliphatic heterocycles. The van der Waals surface area contributed by atoms with E-state index in [-0.39, 0.29) is 5.69 Å². The van der Waals surface area contributed by atoms with Crippen molar-refractivity contribution in [3.63, 3.8) is 0 Å². The van der Waals surface area contributed by atoms with Gasteiger partial charge in [-0.1, -0.05) is 23.0 Å². The van der Waals surface area contributed by atoms with E-state index in [1.54, 1.807) is 13.0 Å². The lowest BCUT2D eigenvalue weighted by Gasteiger charge is -1.99. The fourth-order valence-electron chi connectivity index (χ4n) is 1.23. The first-order valence-corrected chi connectivity index (χ1v) is 5.87. The first-order chi connectivity index (χ1) is 8.20. The van der Waals surface area contributed by atoms with Gasteiger partial charge >= 0.3 is 5.69 Å². The zero-order valence-electron chi connectivity index (χ0n) is 9.21. The first kappa shape index (κ1) is 11.6. The Kier molecular flexibility index (Phi) is 3.43. The molecule has 0 radical (unpaired) electrons. The molecular weight excluding hydrogens is 242 g/mol. The topological polar surface area (TPSA) is 89.6 Å². The molecule has 2 heterocycles. The van der Waals surface area contributed by atoms with E-state index in [1.165, 1.54) is 16.3 Å². The fourth-order valence-corrected chi connectivity index (χ4v) is 2.03. The van der Waals surface area contributed by atoms with E-state index in [4.69, 9.17) is 4.52 Å². The largest absolute Gasteiger partial charge is 0.344 e. The summed E-state index contributed by atoms with van der Waals surface area (Å²) in [6, 6.07) is 0. The van der Waals surface area contributed by atoms with Crippen LogP contribution in [0.3, 0.4) is 0 Å². The highest BCUT2D eigenvalue weighted by Crippen LogP contribution is 2.17. The van der Waals surface area contributed by atoms with Crippen LogP contribution >= 0.6 is 11.8 Å². The van der Waals surface area contributed by atoms with E-state index in [0.29, 0.717) is 29.2 Å². The summed E-state index contributed by atoms with van der Waals surface area (Å²) in [7, 11) is 0. The lowest BCUT2D eigenvalue weighted by Crippen LogP contribution is -2.16. The van der Waals surface area contributed by atoms with Crippen LogP contribution in [-0.2, 0) is 12.3 Å². The van der Waals surface area contributed by atoms with Crippen LogP contribution in [0.1, 0.15) is 11.7 Å². The fraction of sp³-hybridized carbons (Fsp3) is 0.333. The number of thioether (sulfide) groups is 1. The van der Waals surface area contributed by atoms with Gasteiger partial charge in [0, 0.05) is 13.5 Å². The van der Waals surface area contributed by atoms with Gasteiger partial charge in [-0.05, 0) is 0 Å². The third-order valence-corrected chi connectivity index (χ3v) is 2.91. The molecule has 2 aromatic heterocycles. The minimum Gasteiger partial charge on any atom is -0.340 e. The van der Waals surface area contributed by atoms with Crippen molar-refractivity contribution in [3.8, 4) is 0 Å². The molecule has 90 valence electrons. The van der Waals surface area contributed by atoms with Gasteiger partial charge in [0.15, 0.2) is 11.0 Å². The van der Waals surface area contributed by atoms with Gasteiger partial charge in [-0.3, -0.25) is 4.57 Å². The van der Waals surface area contributed by atoms with Gasteiger partial charge in [0.05, 0.1) is 5.75 Å². The molecule has 0 atom stereocenters. The number of aromatic amines is 1. The summed E-state index contributed by atoms with van der Waals surface area (Å²) in [5, 5.41) is 10.6. The van der Waals surface area contributed by atoms with Crippen molar-refractivity contribution >= 4 is 11.8 Å². The molecule has 0 spiro atoms. The third kappa shape index (κ3) is 2.64. The molecule has 17 heavy (non-hydrogen) atoms. The Labute approximate surface area is 101 Å². The van der Waals surface area contributed by atoms with Crippen molar-refractivity contribution in [2.45, 2.75) is 24.4 Å². The van der Waals surface area contributed by atoms with Crippen molar-refractivity contribution in [1.82, 2.24) is 24.9 Å². The Morgan fingerprint density at radius 3 is 3.12 bits per heavy atom. The van der Waals surface area contributed by atoms with Crippen LogP contribution < -0.4 is 5.69 Å². The van der Waals surface area contributed by atoms with Crippen LogP contribution in [0.4, 0.5) is 0 Å². The van der Waals surface area contributed by atoms with Gasteiger partial charge in [-0.15, -0.1) is 11.7 Å². The second kappa shape index (κ2) is 5.00. The Morgan fingerprint density at radius 2 is 2.47 bits per heavy atom. The Morgan fingerprint density at radius 1 is 1.65 bits per heavy atom. The summed E-state index contributed by atoms with van der Waals surface area (Å²) < 4.78 is 6.34. The molecule has 0 saturated heterocycles. The lowest BCUT2D eigenvalue weighted by atomic mass is 10.6. The minimum absolute atomic E-state index is 0.253. The second-order valence-electron chi connectivity index (χ2n) is 3.23. The predicted octanol–water partition coefficient (Wildman–Crippen LogP) is 0.741. The van der Waals surface area contributed by atoms with Crippen molar-refractivity contribution < 1.29 is 4.52 Å². The quantitative estimate of drug-likeness (QED) is 0.624. The highest BCUT2D eigenvalue weighted by molar-refractivity contribution is 7.98. The minimum atomic E-state index is -0.253. The molecule has 2 aromatic rings. The Bertz CT molecular complexity index is 570. The van der Waals surface area contributed by atoms with E-state index in [9.17, 15) is 4.79 Å². The molecule has 0 unspecified atom stereocenters. The maximum atomic E-state index is 11.4. The molecule has 0 aromatic carbocycles. The number of rotatable bonds is 5. The summed E-state index contributed by atoms with van der Waals surface area (Å²) in [4.78, 5) is 15.4. The summed E-state index contributed by atoms with van der Waals surface area (Å²) in [5.74, 6) is 1.60. The zero-order chi connectivity index (χ0) is 12.3. The maximum Gasteiger partial charge on any atom is 0.344 e. The number of nitrogens with zero attached hydrogens (tertiary/aromatic N) is 4. The first-order valence-electron chi connectivity index (χ1n) is 4.89. The Balaban J connectivity index is 2.08. The van der Waals surface area contributed by atoms with Crippen LogP contribution in [0.2, 0.25) is 0 Å². The number of allylic oxidation sites excluding steroid dienone is 1. The van der Waals surface area contributed by atoms with E-state index in [2.05, 4.69) is 26.9 Å². The average Bonchev–Trinajstić information content (AvgIpc) is 2.86. The summed E-state index contributed by atoms with van der Waals surface area (Å²) >= 11 is 1.36. The molecule has 2 rings (SSSR count). The van der Waals surface area contributed by atoms with Crippen molar-refractivity contribution in [3.05, 3.63) is 34.9 Å². The van der Waals surface area contributed by atoms with Gasteiger partial charge in [0.25, 0.3) is 0 Å². The standard InChI is InChI=1S/C9H11N5O2S/c1-3-4-14-8(15)11-12-9(14)17-5-7-10-6(2)16-13-7/h3H,1,4-5H2,2H3,(H,11,15). The molecule has 0 aliphatic rings. The van der Waals surface area contributed by atoms with Crippen molar-refractivity contribution in [2.75, 3.05) is 0 Å². The third-order valence-electron chi connectivity index (χ3n) is 1.93. The van der Waals surface area contributed by atoms with Crippen molar-refractivity contribution in [1.29, 1.82) is 0 Å². The molecule has 0 amide bonds. The van der Waals surface area contributed by atoms with Crippen LogP contribution in [0.25, 0.3) is 0 Å². The normalized spacial score (nSPS) is 10.6. The van der Waals surface area contributed by atoms with E-state index >= 15 is 0 Å². The molecule has 7 nitrogen and oxygen atoms in total. The van der Waals surface area contributed by atoms with E-state index in [1.807, 2.05) is 0 Å². The maximum absolute atomic E-state index is 11.4. The predicted molar refractivity (Wildman–Crippen MR) is 61.6 cm³/mol. The van der Waals surface area contributed by atoms with E-state index < -0.39 is 0 Å². The smallest absolute Gasteiger partial charge is 0.340 e. The molecule has 0 bridgehead atoms. The van der Waals surface area contributed by atoms with Gasteiger partial charge < -0.3 is 4.52 Å². The molecule has 8 heteroatoms. The molecule has 0 fully saturated rings. The molecule has 1 N–H and O–H groups in total. The lowest BCUT2D eigenvalue weighted by molar-refractivity contribution is 0.389. The second-order valence-corrected chi connectivity index (χ2v) is 4.17. The summed E-state index contributed by atoms with van der Waals surface area (Å²) in [5.41, 5.74) is -0.253. The van der Waals surface area contributed by atoms with Crippen LogP contribution in [0.5, 0.6) is 0 Å². The monoisotopic (exact) mass is 253 g/mol. The van der Waals surface area contributed by atoms with Crippen LogP contribution in [0.15, 0.2) is 27.1 Å². The van der Waals surface area contributed by atoms with Crippen molar-refractivity contribution in [2.24, 2.45) is 0 Å². The summed E-state index contributed by atoms with van der Waals surface area (Å²) in [6.45, 7) is 5.73. The molecular formula is C9H11N5O2S. The number of nitrogens with one attached hydrogen (secondary N) is 1. The van der Waals surface area contributed by atoms with Crippen LogP contribution in [-0.4, -0.2) is 24.9 Å². The molecule has 0 saturated carbocycles.